The minimum absolute atomic E-state index is 0.00755. The molecule has 1 saturated heterocycles. The van der Waals surface area contributed by atoms with E-state index in [9.17, 15) is 0 Å². The smallest absolute Gasteiger partial charge is 0.0915 e. The Morgan fingerprint density at radius 2 is 2.44 bits per heavy atom. The van der Waals surface area contributed by atoms with Crippen molar-refractivity contribution in [3.05, 3.63) is 18.0 Å². The van der Waals surface area contributed by atoms with E-state index in [1.54, 1.807) is 0 Å². The fraction of sp³-hybridized carbons (Fsp3) is 0.769. The molecule has 0 saturated carbocycles. The largest absolute Gasteiger partial charge is 0.373 e. The average Bonchev–Trinajstić information content (AvgIpc) is 2.79. The van der Waals surface area contributed by atoms with Gasteiger partial charge in [0.1, 0.15) is 0 Å². The summed E-state index contributed by atoms with van der Waals surface area (Å²) < 4.78 is 8.01. The van der Waals surface area contributed by atoms with Crippen LogP contribution in [0.4, 0.5) is 0 Å². The third-order valence-electron chi connectivity index (χ3n) is 3.76. The molecule has 2 rings (SSSR count). The molecule has 0 aliphatic carbocycles. The van der Waals surface area contributed by atoms with E-state index in [1.165, 1.54) is 6.42 Å². The Kier molecular flexibility index (Phi) is 4.37. The molecule has 0 aromatic carbocycles. The number of aryl methyl sites for hydroxylation is 1. The molecule has 2 atom stereocenters. The second-order valence-corrected chi connectivity index (χ2v) is 5.20. The number of aromatic nitrogens is 2. The molecule has 1 aliphatic heterocycles. The molecule has 1 aromatic rings. The number of hydrogen-bond acceptors (Lipinski definition) is 4. The van der Waals surface area contributed by atoms with E-state index < -0.39 is 0 Å². The van der Waals surface area contributed by atoms with Gasteiger partial charge in [0, 0.05) is 19.3 Å². The fourth-order valence-corrected chi connectivity index (χ4v) is 2.74. The maximum absolute atomic E-state index is 5.99. The van der Waals surface area contributed by atoms with E-state index in [2.05, 4.69) is 24.4 Å². The fourth-order valence-electron chi connectivity index (χ4n) is 2.74. The van der Waals surface area contributed by atoms with Gasteiger partial charge in [-0.25, -0.2) is 5.43 Å². The summed E-state index contributed by atoms with van der Waals surface area (Å²) in [5.41, 5.74) is 3.80. The molecule has 0 radical (unpaired) electrons. The topological polar surface area (TPSA) is 65.1 Å². The van der Waals surface area contributed by atoms with Crippen LogP contribution < -0.4 is 11.3 Å². The monoisotopic (exact) mass is 252 g/mol. The summed E-state index contributed by atoms with van der Waals surface area (Å²) in [5, 5.41) is 4.37. The number of hydrogen-bond donors (Lipinski definition) is 2. The first kappa shape index (κ1) is 13.5. The third kappa shape index (κ3) is 2.58. The van der Waals surface area contributed by atoms with Crippen molar-refractivity contribution < 1.29 is 4.74 Å². The summed E-state index contributed by atoms with van der Waals surface area (Å²) in [6.45, 7) is 6.02. The van der Waals surface area contributed by atoms with E-state index in [0.717, 1.165) is 38.1 Å². The number of nitrogens with zero attached hydrogens (tertiary/aromatic N) is 2. The second-order valence-electron chi connectivity index (χ2n) is 5.20. The van der Waals surface area contributed by atoms with Crippen LogP contribution in [-0.2, 0) is 11.3 Å². The van der Waals surface area contributed by atoms with Crippen molar-refractivity contribution in [2.24, 2.45) is 5.84 Å². The maximum atomic E-state index is 5.99. The number of ether oxygens (including phenoxy) is 1. The Balaban J connectivity index is 2.23. The molecule has 1 aliphatic rings. The molecule has 102 valence electrons. The van der Waals surface area contributed by atoms with Gasteiger partial charge in [-0.2, -0.15) is 5.10 Å². The van der Waals surface area contributed by atoms with Crippen molar-refractivity contribution in [3.8, 4) is 0 Å². The SMILES string of the molecule is CCCn1nccc1C(NN)C1(C)CCCCO1. The molecular weight excluding hydrogens is 228 g/mol. The molecule has 1 aromatic heterocycles. The third-order valence-corrected chi connectivity index (χ3v) is 3.76. The molecule has 2 unspecified atom stereocenters. The summed E-state index contributed by atoms with van der Waals surface area (Å²) in [7, 11) is 0. The minimum atomic E-state index is -0.238. The predicted octanol–water partition coefficient (Wildman–Crippen LogP) is 1.76. The molecule has 2 heterocycles. The number of nitrogens with two attached hydrogens (primary N) is 1. The Labute approximate surface area is 109 Å². The van der Waals surface area contributed by atoms with Gasteiger partial charge in [-0.15, -0.1) is 0 Å². The standard InChI is InChI=1S/C13H24N4O/c1-3-9-17-11(6-8-15-17)12(16-14)13(2)7-4-5-10-18-13/h6,8,12,16H,3-5,7,9-10,14H2,1-2H3. The highest BCUT2D eigenvalue weighted by atomic mass is 16.5. The molecule has 5 heteroatoms. The van der Waals surface area contributed by atoms with E-state index in [-0.39, 0.29) is 11.6 Å². The molecule has 1 fully saturated rings. The zero-order valence-corrected chi connectivity index (χ0v) is 11.4. The van der Waals surface area contributed by atoms with E-state index in [1.807, 2.05) is 16.9 Å². The number of rotatable bonds is 5. The van der Waals surface area contributed by atoms with Crippen LogP contribution in [0.5, 0.6) is 0 Å². The van der Waals surface area contributed by atoms with Crippen molar-refractivity contribution in [1.82, 2.24) is 15.2 Å². The predicted molar refractivity (Wildman–Crippen MR) is 70.8 cm³/mol. The highest BCUT2D eigenvalue weighted by Crippen LogP contribution is 2.36. The van der Waals surface area contributed by atoms with E-state index in [0.29, 0.717) is 0 Å². The molecule has 0 bridgehead atoms. The Morgan fingerprint density at radius 3 is 3.06 bits per heavy atom. The van der Waals surface area contributed by atoms with Crippen LogP contribution in [-0.4, -0.2) is 22.0 Å². The first-order valence-electron chi connectivity index (χ1n) is 6.83. The summed E-state index contributed by atoms with van der Waals surface area (Å²) in [6.07, 6.45) is 6.25. The molecule has 0 amide bonds. The lowest BCUT2D eigenvalue weighted by Crippen LogP contribution is -2.49. The average molecular weight is 252 g/mol. The first-order chi connectivity index (χ1) is 8.71. The van der Waals surface area contributed by atoms with Gasteiger partial charge in [-0.05, 0) is 38.7 Å². The number of hydrazine groups is 1. The quantitative estimate of drug-likeness (QED) is 0.619. The van der Waals surface area contributed by atoms with E-state index in [4.69, 9.17) is 10.6 Å². The van der Waals surface area contributed by atoms with Crippen LogP contribution in [0.25, 0.3) is 0 Å². The van der Waals surface area contributed by atoms with Crippen LogP contribution in [0.3, 0.4) is 0 Å². The van der Waals surface area contributed by atoms with Crippen LogP contribution >= 0.6 is 0 Å². The molecular formula is C13H24N4O. The normalized spacial score (nSPS) is 26.2. The van der Waals surface area contributed by atoms with Crippen molar-refractivity contribution in [1.29, 1.82) is 0 Å². The van der Waals surface area contributed by atoms with Gasteiger partial charge in [0.05, 0.1) is 17.3 Å². The second kappa shape index (κ2) is 5.82. The molecule has 5 nitrogen and oxygen atoms in total. The van der Waals surface area contributed by atoms with Gasteiger partial charge in [0.2, 0.25) is 0 Å². The first-order valence-corrected chi connectivity index (χ1v) is 6.83. The highest BCUT2D eigenvalue weighted by Gasteiger charge is 2.38. The summed E-state index contributed by atoms with van der Waals surface area (Å²) >= 11 is 0. The Hall–Kier alpha value is -0.910. The number of nitrogens with one attached hydrogen (secondary N) is 1. The van der Waals surface area contributed by atoms with Gasteiger partial charge in [-0.1, -0.05) is 6.92 Å². The van der Waals surface area contributed by atoms with Gasteiger partial charge < -0.3 is 4.74 Å². The van der Waals surface area contributed by atoms with Crippen LogP contribution in [0.2, 0.25) is 0 Å². The van der Waals surface area contributed by atoms with Crippen molar-refractivity contribution in [2.45, 2.75) is 57.7 Å². The van der Waals surface area contributed by atoms with Gasteiger partial charge in [-0.3, -0.25) is 10.5 Å². The van der Waals surface area contributed by atoms with Crippen LogP contribution in [0.1, 0.15) is 51.3 Å². The molecule has 0 spiro atoms. The van der Waals surface area contributed by atoms with Crippen LogP contribution in [0.15, 0.2) is 12.3 Å². The molecule has 3 N–H and O–H groups in total. The maximum Gasteiger partial charge on any atom is 0.0915 e. The summed E-state index contributed by atoms with van der Waals surface area (Å²) in [5.74, 6) is 5.77. The highest BCUT2D eigenvalue weighted by molar-refractivity contribution is 5.13. The summed E-state index contributed by atoms with van der Waals surface area (Å²) in [4.78, 5) is 0. The van der Waals surface area contributed by atoms with Crippen molar-refractivity contribution >= 4 is 0 Å². The van der Waals surface area contributed by atoms with Gasteiger partial charge >= 0.3 is 0 Å². The Morgan fingerprint density at radius 1 is 1.61 bits per heavy atom. The van der Waals surface area contributed by atoms with Gasteiger partial charge in [0.25, 0.3) is 0 Å². The molecule has 18 heavy (non-hydrogen) atoms. The van der Waals surface area contributed by atoms with Gasteiger partial charge in [0.15, 0.2) is 0 Å². The summed E-state index contributed by atoms with van der Waals surface area (Å²) in [6, 6.07) is 2.02. The Bertz CT molecular complexity index is 371. The lowest BCUT2D eigenvalue weighted by Gasteiger charge is -2.40. The zero-order chi connectivity index (χ0) is 13.0. The minimum Gasteiger partial charge on any atom is -0.373 e. The van der Waals surface area contributed by atoms with E-state index >= 15 is 0 Å². The lowest BCUT2D eigenvalue weighted by molar-refractivity contribution is -0.0914. The van der Waals surface area contributed by atoms with Crippen molar-refractivity contribution in [3.63, 3.8) is 0 Å². The lowest BCUT2D eigenvalue weighted by atomic mass is 9.86. The zero-order valence-electron chi connectivity index (χ0n) is 11.4. The van der Waals surface area contributed by atoms with Crippen LogP contribution in [0, 0.1) is 0 Å². The van der Waals surface area contributed by atoms with Crippen molar-refractivity contribution in [2.75, 3.05) is 6.61 Å².